The maximum absolute atomic E-state index is 5.90. The summed E-state index contributed by atoms with van der Waals surface area (Å²) in [5, 5.41) is 3.54. The van der Waals surface area contributed by atoms with E-state index in [4.69, 9.17) is 9.47 Å². The molecule has 27 heavy (non-hydrogen) atoms. The van der Waals surface area contributed by atoms with E-state index in [-0.39, 0.29) is 0 Å². The van der Waals surface area contributed by atoms with Crippen LogP contribution in [0.4, 0.5) is 0 Å². The first-order valence-electron chi connectivity index (χ1n) is 9.97. The van der Waals surface area contributed by atoms with Gasteiger partial charge < -0.3 is 19.7 Å². The van der Waals surface area contributed by atoms with E-state index in [9.17, 15) is 0 Å². The smallest absolute Gasteiger partial charge is 0.161 e. The molecule has 1 aliphatic heterocycles. The quantitative estimate of drug-likeness (QED) is 0.648. The van der Waals surface area contributed by atoms with Crippen LogP contribution in [-0.4, -0.2) is 43.2 Å². The van der Waals surface area contributed by atoms with Crippen molar-refractivity contribution in [2.75, 3.05) is 33.3 Å². The number of pyridine rings is 1. The summed E-state index contributed by atoms with van der Waals surface area (Å²) in [6.07, 6.45) is 8.88. The van der Waals surface area contributed by atoms with Crippen LogP contribution in [0.5, 0.6) is 11.5 Å². The predicted molar refractivity (Wildman–Crippen MR) is 108 cm³/mol. The number of piperidine rings is 1. The summed E-state index contributed by atoms with van der Waals surface area (Å²) in [5.74, 6) is 1.54. The van der Waals surface area contributed by atoms with Crippen molar-refractivity contribution in [2.45, 2.75) is 38.8 Å². The van der Waals surface area contributed by atoms with Gasteiger partial charge in [-0.05, 0) is 80.8 Å². The van der Waals surface area contributed by atoms with Gasteiger partial charge in [-0.1, -0.05) is 12.5 Å². The van der Waals surface area contributed by atoms with Crippen molar-refractivity contribution in [3.63, 3.8) is 0 Å². The SMILES string of the molecule is COc1cc(CNCCCN2CCCCC2)ccc1OCc1ccncc1. The number of ether oxygens (including phenoxy) is 2. The van der Waals surface area contributed by atoms with E-state index in [1.165, 1.54) is 50.9 Å². The maximum Gasteiger partial charge on any atom is 0.161 e. The minimum Gasteiger partial charge on any atom is -0.493 e. The third-order valence-corrected chi connectivity index (χ3v) is 4.98. The van der Waals surface area contributed by atoms with Crippen LogP contribution >= 0.6 is 0 Å². The van der Waals surface area contributed by atoms with Gasteiger partial charge in [0, 0.05) is 18.9 Å². The molecule has 2 aromatic rings. The van der Waals surface area contributed by atoms with E-state index in [1.807, 2.05) is 18.2 Å². The Balaban J connectivity index is 1.41. The second-order valence-corrected chi connectivity index (χ2v) is 7.06. The van der Waals surface area contributed by atoms with Crippen LogP contribution in [0.15, 0.2) is 42.7 Å². The zero-order valence-corrected chi connectivity index (χ0v) is 16.3. The van der Waals surface area contributed by atoms with E-state index in [2.05, 4.69) is 27.3 Å². The van der Waals surface area contributed by atoms with Gasteiger partial charge in [-0.15, -0.1) is 0 Å². The number of nitrogens with zero attached hydrogens (tertiary/aromatic N) is 2. The number of benzene rings is 1. The van der Waals surface area contributed by atoms with Gasteiger partial charge in [-0.3, -0.25) is 4.98 Å². The number of nitrogens with one attached hydrogen (secondary N) is 1. The van der Waals surface area contributed by atoms with Crippen LogP contribution in [-0.2, 0) is 13.2 Å². The van der Waals surface area contributed by atoms with Crippen molar-refractivity contribution in [2.24, 2.45) is 0 Å². The molecule has 0 unspecified atom stereocenters. The molecule has 1 N–H and O–H groups in total. The minimum absolute atomic E-state index is 0.507. The zero-order chi connectivity index (χ0) is 18.7. The second kappa shape index (κ2) is 10.9. The summed E-state index contributed by atoms with van der Waals surface area (Å²) in [5.41, 5.74) is 2.30. The number of likely N-dealkylation sites (tertiary alicyclic amines) is 1. The molecular formula is C22H31N3O2. The van der Waals surface area contributed by atoms with Crippen LogP contribution < -0.4 is 14.8 Å². The molecule has 5 heteroatoms. The fraction of sp³-hybridized carbons (Fsp3) is 0.500. The molecule has 0 radical (unpaired) electrons. The number of hydrogen-bond acceptors (Lipinski definition) is 5. The van der Waals surface area contributed by atoms with E-state index in [0.29, 0.717) is 6.61 Å². The van der Waals surface area contributed by atoms with Crippen LogP contribution in [0.2, 0.25) is 0 Å². The third-order valence-electron chi connectivity index (χ3n) is 4.98. The topological polar surface area (TPSA) is 46.6 Å². The summed E-state index contributed by atoms with van der Waals surface area (Å²) in [7, 11) is 1.68. The van der Waals surface area contributed by atoms with Gasteiger partial charge in [0.05, 0.1) is 7.11 Å². The third kappa shape index (κ3) is 6.52. The molecule has 1 aromatic heterocycles. The fourth-order valence-electron chi connectivity index (χ4n) is 3.42. The Morgan fingerprint density at radius 1 is 1.00 bits per heavy atom. The summed E-state index contributed by atoms with van der Waals surface area (Å²) >= 11 is 0. The largest absolute Gasteiger partial charge is 0.493 e. The lowest BCUT2D eigenvalue weighted by molar-refractivity contribution is 0.225. The van der Waals surface area contributed by atoms with E-state index < -0.39 is 0 Å². The fourth-order valence-corrected chi connectivity index (χ4v) is 3.42. The molecular weight excluding hydrogens is 338 g/mol. The molecule has 2 heterocycles. The predicted octanol–water partition coefficient (Wildman–Crippen LogP) is 3.63. The molecule has 1 fully saturated rings. The van der Waals surface area contributed by atoms with Gasteiger partial charge in [0.1, 0.15) is 6.61 Å². The Morgan fingerprint density at radius 3 is 2.59 bits per heavy atom. The summed E-state index contributed by atoms with van der Waals surface area (Å²) in [6, 6.07) is 10.1. The Kier molecular flexibility index (Phi) is 7.93. The number of hydrogen-bond donors (Lipinski definition) is 1. The van der Waals surface area contributed by atoms with Gasteiger partial charge in [0.2, 0.25) is 0 Å². The highest BCUT2D eigenvalue weighted by Crippen LogP contribution is 2.28. The van der Waals surface area contributed by atoms with E-state index in [0.717, 1.165) is 30.2 Å². The monoisotopic (exact) mass is 369 g/mol. The molecule has 0 spiro atoms. The van der Waals surface area contributed by atoms with Crippen molar-refractivity contribution < 1.29 is 9.47 Å². The molecule has 1 aliphatic rings. The van der Waals surface area contributed by atoms with Crippen molar-refractivity contribution in [3.8, 4) is 11.5 Å². The lowest BCUT2D eigenvalue weighted by Crippen LogP contribution is -2.32. The standard InChI is InChI=1S/C22H31N3O2/c1-26-22-16-20(17-24-10-5-15-25-13-3-2-4-14-25)6-7-21(22)27-18-19-8-11-23-12-9-19/h6-9,11-12,16,24H,2-5,10,13-15,17-18H2,1H3. The molecule has 1 aromatic carbocycles. The molecule has 0 saturated carbocycles. The summed E-state index contributed by atoms with van der Waals surface area (Å²) < 4.78 is 11.4. The first kappa shape index (κ1) is 19.6. The normalized spacial score (nSPS) is 14.9. The van der Waals surface area contributed by atoms with E-state index in [1.54, 1.807) is 19.5 Å². The Labute approximate surface area is 162 Å². The molecule has 0 amide bonds. The van der Waals surface area contributed by atoms with Crippen molar-refractivity contribution in [1.82, 2.24) is 15.2 Å². The van der Waals surface area contributed by atoms with Crippen molar-refractivity contribution in [3.05, 3.63) is 53.9 Å². The van der Waals surface area contributed by atoms with Gasteiger partial charge in [-0.25, -0.2) is 0 Å². The number of methoxy groups -OCH3 is 1. The van der Waals surface area contributed by atoms with Crippen LogP contribution in [0.25, 0.3) is 0 Å². The highest BCUT2D eigenvalue weighted by molar-refractivity contribution is 5.43. The summed E-state index contributed by atoms with van der Waals surface area (Å²) in [4.78, 5) is 6.61. The molecule has 0 bridgehead atoms. The molecule has 1 saturated heterocycles. The summed E-state index contributed by atoms with van der Waals surface area (Å²) in [6.45, 7) is 6.15. The van der Waals surface area contributed by atoms with Gasteiger partial charge >= 0.3 is 0 Å². The van der Waals surface area contributed by atoms with Gasteiger partial charge in [-0.2, -0.15) is 0 Å². The molecule has 0 aliphatic carbocycles. The lowest BCUT2D eigenvalue weighted by atomic mass is 10.1. The molecule has 5 nitrogen and oxygen atoms in total. The van der Waals surface area contributed by atoms with Crippen LogP contribution in [0, 0.1) is 0 Å². The minimum atomic E-state index is 0.507. The maximum atomic E-state index is 5.90. The Bertz CT molecular complexity index is 673. The van der Waals surface area contributed by atoms with Gasteiger partial charge in [0.15, 0.2) is 11.5 Å². The van der Waals surface area contributed by atoms with E-state index >= 15 is 0 Å². The highest BCUT2D eigenvalue weighted by Gasteiger charge is 2.09. The van der Waals surface area contributed by atoms with Crippen LogP contribution in [0.3, 0.4) is 0 Å². The molecule has 3 rings (SSSR count). The van der Waals surface area contributed by atoms with Crippen molar-refractivity contribution >= 4 is 0 Å². The Morgan fingerprint density at radius 2 is 1.81 bits per heavy atom. The number of rotatable bonds is 10. The molecule has 0 atom stereocenters. The first-order valence-corrected chi connectivity index (χ1v) is 9.97. The number of aromatic nitrogens is 1. The first-order chi connectivity index (χ1) is 13.3. The average Bonchev–Trinajstić information content (AvgIpc) is 2.74. The lowest BCUT2D eigenvalue weighted by Gasteiger charge is -2.26. The molecule has 146 valence electrons. The second-order valence-electron chi connectivity index (χ2n) is 7.06. The van der Waals surface area contributed by atoms with Gasteiger partial charge in [0.25, 0.3) is 0 Å². The average molecular weight is 370 g/mol. The highest BCUT2D eigenvalue weighted by atomic mass is 16.5. The van der Waals surface area contributed by atoms with Crippen molar-refractivity contribution in [1.29, 1.82) is 0 Å². The van der Waals surface area contributed by atoms with Crippen LogP contribution in [0.1, 0.15) is 36.8 Å². The zero-order valence-electron chi connectivity index (χ0n) is 16.3. The Hall–Kier alpha value is -2.11.